The maximum Gasteiger partial charge on any atom is 0.338 e. The number of fused-ring (bicyclic) bond motifs is 1. The van der Waals surface area contributed by atoms with Gasteiger partial charge in [-0.3, -0.25) is 14.4 Å². The summed E-state index contributed by atoms with van der Waals surface area (Å²) >= 11 is 0.974. The van der Waals surface area contributed by atoms with Gasteiger partial charge < -0.3 is 15.4 Å². The van der Waals surface area contributed by atoms with Crippen LogP contribution in [-0.4, -0.2) is 33.8 Å². The number of amides is 2. The van der Waals surface area contributed by atoms with Crippen LogP contribution >= 0.6 is 11.3 Å². The minimum Gasteiger partial charge on any atom is -0.462 e. The van der Waals surface area contributed by atoms with Gasteiger partial charge in [0.2, 0.25) is 0 Å². The first-order valence-electron chi connectivity index (χ1n) is 12.4. The van der Waals surface area contributed by atoms with Crippen molar-refractivity contribution in [3.05, 3.63) is 92.3 Å². The van der Waals surface area contributed by atoms with Crippen molar-refractivity contribution in [3.8, 4) is 0 Å². The lowest BCUT2D eigenvalue weighted by Gasteiger charge is -2.11. The number of aryl methyl sites for hydroxylation is 2. The molecule has 2 aromatic heterocycles. The van der Waals surface area contributed by atoms with Gasteiger partial charge in [-0.2, -0.15) is 0 Å². The SMILES string of the molecule is CCCc1cc(=O)n2c(C(=O)Nc3ccccc3CC)c(C(=O)Nc3ccc(C(=O)OCC)cc3)sc2n1. The lowest BCUT2D eigenvalue weighted by Crippen LogP contribution is -2.25. The van der Waals surface area contributed by atoms with E-state index in [4.69, 9.17) is 4.74 Å². The highest BCUT2D eigenvalue weighted by Gasteiger charge is 2.27. The number of nitrogens with one attached hydrogen (secondary N) is 2. The van der Waals surface area contributed by atoms with Gasteiger partial charge in [0.25, 0.3) is 17.4 Å². The van der Waals surface area contributed by atoms with E-state index in [1.54, 1.807) is 31.2 Å². The smallest absolute Gasteiger partial charge is 0.338 e. The number of nitrogens with zero attached hydrogens (tertiary/aromatic N) is 2. The lowest BCUT2D eigenvalue weighted by molar-refractivity contribution is 0.0526. The molecule has 196 valence electrons. The number of rotatable bonds is 9. The second kappa shape index (κ2) is 11.8. The van der Waals surface area contributed by atoms with Crippen molar-refractivity contribution in [1.82, 2.24) is 9.38 Å². The van der Waals surface area contributed by atoms with E-state index in [1.807, 2.05) is 26.0 Å². The maximum atomic E-state index is 13.6. The molecule has 2 heterocycles. The number of esters is 1. The molecule has 0 radical (unpaired) electrons. The zero-order valence-electron chi connectivity index (χ0n) is 21.4. The Hall–Kier alpha value is -4.31. The monoisotopic (exact) mass is 532 g/mol. The van der Waals surface area contributed by atoms with E-state index in [-0.39, 0.29) is 22.1 Å². The van der Waals surface area contributed by atoms with Crippen LogP contribution in [0.2, 0.25) is 0 Å². The van der Waals surface area contributed by atoms with Crippen molar-refractivity contribution in [2.45, 2.75) is 40.0 Å². The first-order chi connectivity index (χ1) is 18.4. The van der Waals surface area contributed by atoms with Gasteiger partial charge in [0.1, 0.15) is 10.6 Å². The number of hydrogen-bond acceptors (Lipinski definition) is 7. The maximum absolute atomic E-state index is 13.6. The minimum atomic E-state index is -0.591. The first-order valence-corrected chi connectivity index (χ1v) is 13.2. The number of carbonyl (C=O) groups excluding carboxylic acids is 3. The van der Waals surface area contributed by atoms with Crippen LogP contribution in [0, 0.1) is 0 Å². The van der Waals surface area contributed by atoms with Crippen molar-refractivity contribution in [3.63, 3.8) is 0 Å². The highest BCUT2D eigenvalue weighted by Crippen LogP contribution is 2.25. The molecule has 0 spiro atoms. The van der Waals surface area contributed by atoms with Crippen LogP contribution in [0.5, 0.6) is 0 Å². The molecular formula is C28H28N4O5S. The Morgan fingerprint density at radius 1 is 0.974 bits per heavy atom. The molecule has 2 N–H and O–H groups in total. The first kappa shape index (κ1) is 26.7. The van der Waals surface area contributed by atoms with Crippen LogP contribution in [0.25, 0.3) is 4.96 Å². The van der Waals surface area contributed by atoms with Gasteiger partial charge in [0.15, 0.2) is 4.96 Å². The summed E-state index contributed by atoms with van der Waals surface area (Å²) < 4.78 is 6.18. The van der Waals surface area contributed by atoms with Crippen molar-refractivity contribution in [2.75, 3.05) is 17.2 Å². The summed E-state index contributed by atoms with van der Waals surface area (Å²) in [6.07, 6.45) is 2.09. The van der Waals surface area contributed by atoms with E-state index in [1.165, 1.54) is 22.6 Å². The second-order valence-electron chi connectivity index (χ2n) is 8.45. The van der Waals surface area contributed by atoms with Gasteiger partial charge in [0.05, 0.1) is 12.2 Å². The van der Waals surface area contributed by atoms with Gasteiger partial charge in [0, 0.05) is 23.1 Å². The number of ether oxygens (including phenoxy) is 1. The summed E-state index contributed by atoms with van der Waals surface area (Å²) in [6.45, 7) is 5.93. The molecule has 0 atom stereocenters. The van der Waals surface area contributed by atoms with E-state index in [0.717, 1.165) is 23.3 Å². The Balaban J connectivity index is 1.74. The molecule has 0 unspecified atom stereocenters. The highest BCUT2D eigenvalue weighted by atomic mass is 32.1. The number of para-hydroxylation sites is 1. The number of carbonyl (C=O) groups is 3. The zero-order chi connectivity index (χ0) is 27.2. The molecule has 0 saturated heterocycles. The van der Waals surface area contributed by atoms with Crippen molar-refractivity contribution in [2.24, 2.45) is 0 Å². The van der Waals surface area contributed by atoms with Gasteiger partial charge in [-0.25, -0.2) is 14.2 Å². The number of aromatic nitrogens is 2. The van der Waals surface area contributed by atoms with Crippen LogP contribution in [0.3, 0.4) is 0 Å². The summed E-state index contributed by atoms with van der Waals surface area (Å²) in [6, 6.07) is 15.0. The molecule has 2 amide bonds. The molecule has 0 bridgehead atoms. The Morgan fingerprint density at radius 3 is 2.39 bits per heavy atom. The molecule has 2 aromatic carbocycles. The molecule has 4 rings (SSSR count). The van der Waals surface area contributed by atoms with Crippen molar-refractivity contribution < 1.29 is 19.1 Å². The topological polar surface area (TPSA) is 119 Å². The van der Waals surface area contributed by atoms with Gasteiger partial charge in [-0.1, -0.05) is 49.8 Å². The van der Waals surface area contributed by atoms with Crippen LogP contribution in [0.1, 0.15) is 69.0 Å². The standard InChI is InChI=1S/C28H28N4O5S/c1-4-9-20-16-22(33)32-23(25(34)31-21-11-8-7-10-17(21)5-2)24(38-28(32)30-20)26(35)29-19-14-12-18(13-15-19)27(36)37-6-3/h7-8,10-16H,4-6,9H2,1-3H3,(H,29,35)(H,31,34). The summed E-state index contributed by atoms with van der Waals surface area (Å²) in [5.41, 5.74) is 2.37. The lowest BCUT2D eigenvalue weighted by atomic mass is 10.1. The fraction of sp³-hybridized carbons (Fsp3) is 0.250. The van der Waals surface area contributed by atoms with Crippen molar-refractivity contribution in [1.29, 1.82) is 0 Å². The number of benzene rings is 2. The fourth-order valence-corrected chi connectivity index (χ4v) is 5.03. The molecule has 0 aliphatic heterocycles. The van der Waals surface area contributed by atoms with E-state index >= 15 is 0 Å². The van der Waals surface area contributed by atoms with Crippen LogP contribution in [0.4, 0.5) is 11.4 Å². The van der Waals surface area contributed by atoms with E-state index in [9.17, 15) is 19.2 Å². The van der Waals surface area contributed by atoms with Gasteiger partial charge in [-0.15, -0.1) is 0 Å². The summed E-state index contributed by atoms with van der Waals surface area (Å²) in [4.78, 5) is 56.8. The van der Waals surface area contributed by atoms with Gasteiger partial charge in [-0.05, 0) is 55.7 Å². The Bertz CT molecular complexity index is 1560. The van der Waals surface area contributed by atoms with Gasteiger partial charge >= 0.3 is 5.97 Å². The normalized spacial score (nSPS) is 10.8. The Kier molecular flexibility index (Phi) is 8.32. The third-order valence-corrected chi connectivity index (χ3v) is 6.84. The van der Waals surface area contributed by atoms with E-state index < -0.39 is 23.3 Å². The van der Waals surface area contributed by atoms with Crippen LogP contribution in [0.15, 0.2) is 59.4 Å². The minimum absolute atomic E-state index is 0.0456. The summed E-state index contributed by atoms with van der Waals surface area (Å²) in [5.74, 6) is -1.63. The van der Waals surface area contributed by atoms with E-state index in [2.05, 4.69) is 15.6 Å². The summed E-state index contributed by atoms with van der Waals surface area (Å²) in [7, 11) is 0. The number of hydrogen-bond donors (Lipinski definition) is 2. The van der Waals surface area contributed by atoms with Crippen LogP contribution < -0.4 is 16.2 Å². The fourth-order valence-electron chi connectivity index (χ4n) is 3.99. The number of anilines is 2. The van der Waals surface area contributed by atoms with E-state index in [0.29, 0.717) is 35.5 Å². The molecular weight excluding hydrogens is 504 g/mol. The number of thiazole rings is 1. The average molecular weight is 533 g/mol. The predicted octanol–water partition coefficient (Wildman–Crippen LogP) is 4.95. The molecule has 10 heteroatoms. The molecule has 38 heavy (non-hydrogen) atoms. The van der Waals surface area contributed by atoms with Crippen molar-refractivity contribution >= 4 is 45.5 Å². The molecule has 9 nitrogen and oxygen atoms in total. The Labute approximate surface area is 223 Å². The van der Waals surface area contributed by atoms with Crippen LogP contribution in [-0.2, 0) is 17.6 Å². The molecule has 0 aliphatic carbocycles. The third-order valence-electron chi connectivity index (χ3n) is 5.80. The second-order valence-corrected chi connectivity index (χ2v) is 9.43. The predicted molar refractivity (Wildman–Crippen MR) is 147 cm³/mol. The highest BCUT2D eigenvalue weighted by molar-refractivity contribution is 7.19. The zero-order valence-corrected chi connectivity index (χ0v) is 22.2. The third kappa shape index (κ3) is 5.65. The largest absolute Gasteiger partial charge is 0.462 e. The quantitative estimate of drug-likeness (QED) is 0.294. The molecule has 0 fully saturated rings. The molecule has 0 saturated carbocycles. The summed E-state index contributed by atoms with van der Waals surface area (Å²) in [5, 5.41) is 5.62. The average Bonchev–Trinajstić information content (AvgIpc) is 3.30. The molecule has 4 aromatic rings. The Morgan fingerprint density at radius 2 is 1.71 bits per heavy atom. The molecule has 0 aliphatic rings.